The quantitative estimate of drug-likeness (QED) is 0.894. The van der Waals surface area contributed by atoms with Crippen molar-refractivity contribution in [2.24, 2.45) is 0 Å². The zero-order chi connectivity index (χ0) is 17.8. The molecule has 1 aliphatic heterocycles. The molecule has 134 valence electrons. The summed E-state index contributed by atoms with van der Waals surface area (Å²) < 4.78 is 2.04. The standard InChI is InChI=1S/C18H25N5O2/c1-3-16-19-7-10-22(16)9-6-18(25)23-8-4-5-14(12-23)15-11-17(24)21-13(2)20-15/h7,10-11,14H,3-6,8-9,12H2,1-2H3,(H,20,21,24). The van der Waals surface area contributed by atoms with Crippen LogP contribution < -0.4 is 5.56 Å². The number of carbonyl (C=O) groups excluding carboxylic acids is 1. The number of carbonyl (C=O) groups is 1. The lowest BCUT2D eigenvalue weighted by atomic mass is 9.94. The molecule has 0 spiro atoms. The van der Waals surface area contributed by atoms with E-state index in [2.05, 4.69) is 21.9 Å². The molecule has 7 heteroatoms. The molecule has 1 unspecified atom stereocenters. The summed E-state index contributed by atoms with van der Waals surface area (Å²) in [7, 11) is 0. The average Bonchev–Trinajstić information content (AvgIpc) is 3.06. The maximum atomic E-state index is 12.6. The molecule has 2 aromatic heterocycles. The smallest absolute Gasteiger partial charge is 0.251 e. The zero-order valence-electron chi connectivity index (χ0n) is 14.9. The predicted octanol–water partition coefficient (Wildman–Crippen LogP) is 1.63. The first-order valence-electron chi connectivity index (χ1n) is 8.92. The third-order valence-corrected chi connectivity index (χ3v) is 4.76. The number of H-pyrrole nitrogens is 1. The Morgan fingerprint density at radius 2 is 2.28 bits per heavy atom. The highest BCUT2D eigenvalue weighted by atomic mass is 16.2. The van der Waals surface area contributed by atoms with E-state index in [0.29, 0.717) is 25.3 Å². The maximum Gasteiger partial charge on any atom is 0.251 e. The Labute approximate surface area is 147 Å². The number of aromatic amines is 1. The van der Waals surface area contributed by atoms with Gasteiger partial charge in [-0.3, -0.25) is 9.59 Å². The molecule has 3 rings (SSSR count). The first-order chi connectivity index (χ1) is 12.1. The number of imidazole rings is 1. The third kappa shape index (κ3) is 4.15. The van der Waals surface area contributed by atoms with E-state index >= 15 is 0 Å². The Morgan fingerprint density at radius 3 is 3.04 bits per heavy atom. The number of piperidine rings is 1. The van der Waals surface area contributed by atoms with Gasteiger partial charge in [0.25, 0.3) is 5.56 Å². The van der Waals surface area contributed by atoms with Crippen LogP contribution in [-0.2, 0) is 17.8 Å². The lowest BCUT2D eigenvalue weighted by molar-refractivity contribution is -0.132. The Balaban J connectivity index is 1.62. The van der Waals surface area contributed by atoms with Gasteiger partial charge in [-0.25, -0.2) is 9.97 Å². The summed E-state index contributed by atoms with van der Waals surface area (Å²) in [5.41, 5.74) is 0.666. The number of aryl methyl sites for hydroxylation is 3. The van der Waals surface area contributed by atoms with Crippen molar-refractivity contribution in [3.8, 4) is 0 Å². The summed E-state index contributed by atoms with van der Waals surface area (Å²) in [6.45, 7) is 5.92. The minimum Gasteiger partial charge on any atom is -0.342 e. The van der Waals surface area contributed by atoms with Crippen molar-refractivity contribution in [3.05, 3.63) is 46.2 Å². The van der Waals surface area contributed by atoms with Gasteiger partial charge in [-0.1, -0.05) is 6.92 Å². The van der Waals surface area contributed by atoms with Gasteiger partial charge < -0.3 is 14.5 Å². The molecule has 1 saturated heterocycles. The molecule has 1 aliphatic rings. The first kappa shape index (κ1) is 17.4. The second kappa shape index (κ2) is 7.63. The Bertz CT molecular complexity index is 795. The molecule has 25 heavy (non-hydrogen) atoms. The van der Waals surface area contributed by atoms with Gasteiger partial charge in [0.15, 0.2) is 0 Å². The molecule has 3 heterocycles. The number of aromatic nitrogens is 4. The van der Waals surface area contributed by atoms with Crippen LogP contribution in [0.2, 0.25) is 0 Å². The number of likely N-dealkylation sites (tertiary alicyclic amines) is 1. The predicted molar refractivity (Wildman–Crippen MR) is 94.4 cm³/mol. The number of hydrogen-bond donors (Lipinski definition) is 1. The molecular formula is C18H25N5O2. The molecule has 0 radical (unpaired) electrons. The molecule has 1 fully saturated rings. The van der Waals surface area contributed by atoms with E-state index in [0.717, 1.165) is 37.3 Å². The Hall–Kier alpha value is -2.44. The van der Waals surface area contributed by atoms with Gasteiger partial charge in [0.05, 0.1) is 5.69 Å². The van der Waals surface area contributed by atoms with E-state index in [1.807, 2.05) is 15.7 Å². The molecule has 7 nitrogen and oxygen atoms in total. The zero-order valence-corrected chi connectivity index (χ0v) is 14.9. The number of nitrogens with zero attached hydrogens (tertiary/aromatic N) is 4. The van der Waals surface area contributed by atoms with Gasteiger partial charge in [0, 0.05) is 56.9 Å². The number of amides is 1. The average molecular weight is 343 g/mol. The first-order valence-corrected chi connectivity index (χ1v) is 8.92. The van der Waals surface area contributed by atoms with Crippen molar-refractivity contribution in [1.82, 2.24) is 24.4 Å². The van der Waals surface area contributed by atoms with Crippen LogP contribution in [-0.4, -0.2) is 43.4 Å². The summed E-state index contributed by atoms with van der Waals surface area (Å²) in [6.07, 6.45) is 6.93. The van der Waals surface area contributed by atoms with Gasteiger partial charge in [0.2, 0.25) is 5.91 Å². The maximum absolute atomic E-state index is 12.6. The van der Waals surface area contributed by atoms with Crippen LogP contribution in [0.3, 0.4) is 0 Å². The van der Waals surface area contributed by atoms with Gasteiger partial charge >= 0.3 is 0 Å². The van der Waals surface area contributed by atoms with Crippen molar-refractivity contribution < 1.29 is 4.79 Å². The van der Waals surface area contributed by atoms with Crippen LogP contribution in [0.1, 0.15) is 49.4 Å². The molecule has 1 atom stereocenters. The van der Waals surface area contributed by atoms with E-state index < -0.39 is 0 Å². The highest BCUT2D eigenvalue weighted by molar-refractivity contribution is 5.76. The van der Waals surface area contributed by atoms with Crippen LogP contribution in [0.5, 0.6) is 0 Å². The van der Waals surface area contributed by atoms with Crippen LogP contribution in [0, 0.1) is 6.92 Å². The number of nitrogens with one attached hydrogen (secondary N) is 1. The Kier molecular flexibility index (Phi) is 5.31. The number of rotatable bonds is 5. The highest BCUT2D eigenvalue weighted by Crippen LogP contribution is 2.25. The summed E-state index contributed by atoms with van der Waals surface area (Å²) in [4.78, 5) is 37.6. The van der Waals surface area contributed by atoms with E-state index in [1.165, 1.54) is 0 Å². The van der Waals surface area contributed by atoms with E-state index in [9.17, 15) is 9.59 Å². The van der Waals surface area contributed by atoms with Crippen LogP contribution in [0.4, 0.5) is 0 Å². The van der Waals surface area contributed by atoms with Gasteiger partial charge in [-0.15, -0.1) is 0 Å². The minimum absolute atomic E-state index is 0.127. The van der Waals surface area contributed by atoms with Crippen LogP contribution in [0.25, 0.3) is 0 Å². The van der Waals surface area contributed by atoms with Crippen LogP contribution in [0.15, 0.2) is 23.3 Å². The summed E-state index contributed by atoms with van der Waals surface area (Å²) >= 11 is 0. The summed E-state index contributed by atoms with van der Waals surface area (Å²) in [5, 5.41) is 0. The molecule has 0 aromatic carbocycles. The van der Waals surface area contributed by atoms with Gasteiger partial charge in [-0.2, -0.15) is 0 Å². The molecule has 2 aromatic rings. The highest BCUT2D eigenvalue weighted by Gasteiger charge is 2.26. The minimum atomic E-state index is -0.127. The van der Waals surface area contributed by atoms with Gasteiger partial charge in [-0.05, 0) is 19.8 Å². The van der Waals surface area contributed by atoms with Crippen molar-refractivity contribution in [3.63, 3.8) is 0 Å². The normalized spacial score (nSPS) is 17.7. The second-order valence-corrected chi connectivity index (χ2v) is 6.57. The topological polar surface area (TPSA) is 83.9 Å². The van der Waals surface area contributed by atoms with E-state index in [4.69, 9.17) is 0 Å². The van der Waals surface area contributed by atoms with Crippen molar-refractivity contribution in [2.45, 2.75) is 52.0 Å². The summed E-state index contributed by atoms with van der Waals surface area (Å²) in [5.74, 6) is 1.92. The monoisotopic (exact) mass is 343 g/mol. The fraction of sp³-hybridized carbons (Fsp3) is 0.556. The second-order valence-electron chi connectivity index (χ2n) is 6.57. The largest absolute Gasteiger partial charge is 0.342 e. The number of hydrogen-bond acceptors (Lipinski definition) is 4. The lowest BCUT2D eigenvalue weighted by Crippen LogP contribution is -2.40. The molecular weight excluding hydrogens is 318 g/mol. The molecule has 0 aliphatic carbocycles. The molecule has 0 saturated carbocycles. The Morgan fingerprint density at radius 1 is 1.44 bits per heavy atom. The van der Waals surface area contributed by atoms with E-state index in [-0.39, 0.29) is 17.4 Å². The van der Waals surface area contributed by atoms with Crippen molar-refractivity contribution >= 4 is 5.91 Å². The van der Waals surface area contributed by atoms with Crippen LogP contribution >= 0.6 is 0 Å². The van der Waals surface area contributed by atoms with Gasteiger partial charge in [0.1, 0.15) is 11.6 Å². The molecule has 0 bridgehead atoms. The lowest BCUT2D eigenvalue weighted by Gasteiger charge is -2.32. The summed E-state index contributed by atoms with van der Waals surface area (Å²) in [6, 6.07) is 1.56. The van der Waals surface area contributed by atoms with Crippen molar-refractivity contribution in [1.29, 1.82) is 0 Å². The SMILES string of the molecule is CCc1nccn1CCC(=O)N1CCCC(c2cc(=O)[nH]c(C)n2)C1. The fourth-order valence-electron chi connectivity index (χ4n) is 3.49. The molecule has 1 N–H and O–H groups in total. The fourth-order valence-corrected chi connectivity index (χ4v) is 3.49. The third-order valence-electron chi connectivity index (χ3n) is 4.76. The van der Waals surface area contributed by atoms with Crippen molar-refractivity contribution in [2.75, 3.05) is 13.1 Å². The molecule has 1 amide bonds. The van der Waals surface area contributed by atoms with E-state index in [1.54, 1.807) is 19.2 Å².